The Balaban J connectivity index is 2.14. The van der Waals surface area contributed by atoms with Crippen molar-refractivity contribution < 1.29 is 4.79 Å². The second-order valence-corrected chi connectivity index (χ2v) is 5.14. The van der Waals surface area contributed by atoms with Gasteiger partial charge in [-0.1, -0.05) is 25.1 Å². The highest BCUT2D eigenvalue weighted by Gasteiger charge is 2.14. The average molecular weight is 286 g/mol. The van der Waals surface area contributed by atoms with Gasteiger partial charge in [0.25, 0.3) is 5.91 Å². The van der Waals surface area contributed by atoms with Crippen molar-refractivity contribution in [1.82, 2.24) is 14.9 Å². The first-order chi connectivity index (χ1) is 10.1. The van der Waals surface area contributed by atoms with E-state index in [-0.39, 0.29) is 11.9 Å². The number of rotatable bonds is 6. The van der Waals surface area contributed by atoms with E-state index < -0.39 is 0 Å². The third-order valence-corrected chi connectivity index (χ3v) is 3.31. The molecule has 0 aliphatic heterocycles. The molecule has 5 heteroatoms. The number of aromatic nitrogens is 2. The van der Waals surface area contributed by atoms with E-state index in [1.165, 1.54) is 0 Å². The molecule has 0 saturated carbocycles. The molecule has 21 heavy (non-hydrogen) atoms. The van der Waals surface area contributed by atoms with Crippen LogP contribution in [0.25, 0.3) is 0 Å². The summed E-state index contributed by atoms with van der Waals surface area (Å²) in [5.74, 6) is -0.189. The molecule has 0 fully saturated rings. The van der Waals surface area contributed by atoms with Gasteiger partial charge in [-0.25, -0.2) is 4.98 Å². The molecule has 0 spiro atoms. The average Bonchev–Trinajstić information content (AvgIpc) is 2.92. The van der Waals surface area contributed by atoms with E-state index in [0.29, 0.717) is 5.69 Å². The van der Waals surface area contributed by atoms with Crippen LogP contribution in [0.5, 0.6) is 0 Å². The second kappa shape index (κ2) is 7.04. The van der Waals surface area contributed by atoms with Gasteiger partial charge in [0.05, 0.1) is 6.33 Å². The number of para-hydroxylation sites is 1. The number of nitrogens with one attached hydrogen (secondary N) is 2. The first kappa shape index (κ1) is 15.3. The number of anilines is 1. The number of nitrogens with zero attached hydrogens (tertiary/aromatic N) is 2. The second-order valence-electron chi connectivity index (χ2n) is 5.14. The minimum Gasteiger partial charge on any atom is -0.340 e. The smallest absolute Gasteiger partial charge is 0.275 e. The van der Waals surface area contributed by atoms with Crippen LogP contribution in [0, 0.1) is 0 Å². The van der Waals surface area contributed by atoms with Crippen molar-refractivity contribution >= 4 is 11.6 Å². The van der Waals surface area contributed by atoms with Crippen LogP contribution in [-0.4, -0.2) is 22.0 Å². The van der Waals surface area contributed by atoms with Crippen LogP contribution < -0.4 is 10.6 Å². The number of carbonyl (C=O) groups is 1. The Hall–Kier alpha value is -2.14. The lowest BCUT2D eigenvalue weighted by atomic mass is 10.1. The van der Waals surface area contributed by atoms with Crippen molar-refractivity contribution in [1.29, 1.82) is 0 Å². The predicted octanol–water partition coefficient (Wildman–Crippen LogP) is 2.73. The maximum atomic E-state index is 12.2. The maximum Gasteiger partial charge on any atom is 0.275 e. The molecule has 0 saturated heterocycles. The van der Waals surface area contributed by atoms with Crippen molar-refractivity contribution in [3.05, 3.63) is 48.0 Å². The topological polar surface area (TPSA) is 58.9 Å². The largest absolute Gasteiger partial charge is 0.340 e. The molecule has 1 aromatic heterocycles. The fourth-order valence-electron chi connectivity index (χ4n) is 2.18. The SMILES string of the molecule is CCCNC(C)c1ccccc1NC(=O)c1cn(C)cn1. The summed E-state index contributed by atoms with van der Waals surface area (Å²) in [4.78, 5) is 16.3. The third-order valence-electron chi connectivity index (χ3n) is 3.31. The fraction of sp³-hybridized carbons (Fsp3) is 0.375. The zero-order valence-corrected chi connectivity index (χ0v) is 12.8. The summed E-state index contributed by atoms with van der Waals surface area (Å²) in [6.45, 7) is 5.18. The molecule has 2 aromatic rings. The third kappa shape index (κ3) is 3.92. The van der Waals surface area contributed by atoms with Gasteiger partial charge >= 0.3 is 0 Å². The molecule has 2 N–H and O–H groups in total. The van der Waals surface area contributed by atoms with Gasteiger partial charge in [0.2, 0.25) is 0 Å². The Bertz CT molecular complexity index is 606. The summed E-state index contributed by atoms with van der Waals surface area (Å²) in [5.41, 5.74) is 2.32. The van der Waals surface area contributed by atoms with Crippen LogP contribution in [-0.2, 0) is 7.05 Å². The van der Waals surface area contributed by atoms with Crippen LogP contribution >= 0.6 is 0 Å². The Morgan fingerprint density at radius 2 is 2.14 bits per heavy atom. The minimum absolute atomic E-state index is 0.185. The number of hydrogen-bond donors (Lipinski definition) is 2. The van der Waals surface area contributed by atoms with Crippen LogP contribution in [0.15, 0.2) is 36.8 Å². The highest BCUT2D eigenvalue weighted by molar-refractivity contribution is 6.03. The van der Waals surface area contributed by atoms with Gasteiger partial charge in [0.15, 0.2) is 0 Å². The molecule has 0 radical (unpaired) electrons. The van der Waals surface area contributed by atoms with E-state index in [9.17, 15) is 4.79 Å². The molecular formula is C16H22N4O. The van der Waals surface area contributed by atoms with Gasteiger partial charge in [-0.05, 0) is 31.5 Å². The molecule has 1 unspecified atom stereocenters. The van der Waals surface area contributed by atoms with Gasteiger partial charge < -0.3 is 15.2 Å². The Labute approximate surface area is 125 Å². The Morgan fingerprint density at radius 1 is 1.38 bits per heavy atom. The highest BCUT2D eigenvalue weighted by atomic mass is 16.1. The van der Waals surface area contributed by atoms with E-state index in [4.69, 9.17) is 0 Å². The van der Waals surface area contributed by atoms with Crippen molar-refractivity contribution in [2.75, 3.05) is 11.9 Å². The van der Waals surface area contributed by atoms with E-state index in [0.717, 1.165) is 24.2 Å². The van der Waals surface area contributed by atoms with E-state index in [1.54, 1.807) is 17.1 Å². The van der Waals surface area contributed by atoms with E-state index >= 15 is 0 Å². The predicted molar refractivity (Wildman–Crippen MR) is 84.3 cm³/mol. The molecule has 5 nitrogen and oxygen atoms in total. The van der Waals surface area contributed by atoms with Gasteiger partial charge in [-0.3, -0.25) is 4.79 Å². The minimum atomic E-state index is -0.189. The van der Waals surface area contributed by atoms with Gasteiger partial charge in [-0.15, -0.1) is 0 Å². The zero-order chi connectivity index (χ0) is 15.2. The highest BCUT2D eigenvalue weighted by Crippen LogP contribution is 2.23. The number of benzene rings is 1. The lowest BCUT2D eigenvalue weighted by molar-refractivity contribution is 0.102. The Kier molecular flexibility index (Phi) is 5.11. The molecular weight excluding hydrogens is 264 g/mol. The van der Waals surface area contributed by atoms with Crippen molar-refractivity contribution in [3.63, 3.8) is 0 Å². The van der Waals surface area contributed by atoms with Crippen LogP contribution in [0.2, 0.25) is 0 Å². The molecule has 112 valence electrons. The van der Waals surface area contributed by atoms with E-state index in [1.807, 2.05) is 31.3 Å². The van der Waals surface area contributed by atoms with Gasteiger partial charge in [0.1, 0.15) is 5.69 Å². The lowest BCUT2D eigenvalue weighted by Crippen LogP contribution is -2.21. The molecule has 0 bridgehead atoms. The summed E-state index contributed by atoms with van der Waals surface area (Å²) in [7, 11) is 1.84. The lowest BCUT2D eigenvalue weighted by Gasteiger charge is -2.18. The van der Waals surface area contributed by atoms with E-state index in [2.05, 4.69) is 29.5 Å². The first-order valence-corrected chi connectivity index (χ1v) is 7.23. The first-order valence-electron chi connectivity index (χ1n) is 7.23. The molecule has 0 aliphatic carbocycles. The number of amides is 1. The number of aryl methyl sites for hydroxylation is 1. The zero-order valence-electron chi connectivity index (χ0n) is 12.8. The molecule has 1 atom stereocenters. The fourth-order valence-corrected chi connectivity index (χ4v) is 2.18. The summed E-state index contributed by atoms with van der Waals surface area (Å²) in [6, 6.07) is 8.03. The van der Waals surface area contributed by atoms with Crippen LogP contribution in [0.1, 0.15) is 42.4 Å². The summed E-state index contributed by atoms with van der Waals surface area (Å²) >= 11 is 0. The van der Waals surface area contributed by atoms with Gasteiger partial charge in [-0.2, -0.15) is 0 Å². The quantitative estimate of drug-likeness (QED) is 0.858. The molecule has 0 aliphatic rings. The number of hydrogen-bond acceptors (Lipinski definition) is 3. The summed E-state index contributed by atoms with van der Waals surface area (Å²) in [6.07, 6.45) is 4.40. The maximum absolute atomic E-state index is 12.2. The normalized spacial score (nSPS) is 12.1. The molecule has 1 heterocycles. The summed E-state index contributed by atoms with van der Waals surface area (Å²) < 4.78 is 1.76. The molecule has 1 aromatic carbocycles. The standard InChI is InChI=1S/C16H22N4O/c1-4-9-17-12(2)13-7-5-6-8-14(13)19-16(21)15-10-20(3)11-18-15/h5-8,10-12,17H,4,9H2,1-3H3,(H,19,21). The molecule has 1 amide bonds. The monoisotopic (exact) mass is 286 g/mol. The molecule has 2 rings (SSSR count). The summed E-state index contributed by atoms with van der Waals surface area (Å²) in [5, 5.41) is 6.38. The number of imidazole rings is 1. The van der Waals surface area contributed by atoms with Crippen molar-refractivity contribution in [3.8, 4) is 0 Å². The van der Waals surface area contributed by atoms with Gasteiger partial charge in [0, 0.05) is 25.0 Å². The van der Waals surface area contributed by atoms with Crippen LogP contribution in [0.4, 0.5) is 5.69 Å². The van der Waals surface area contributed by atoms with Crippen molar-refractivity contribution in [2.24, 2.45) is 7.05 Å². The van der Waals surface area contributed by atoms with Crippen LogP contribution in [0.3, 0.4) is 0 Å². The number of carbonyl (C=O) groups excluding carboxylic acids is 1. The Morgan fingerprint density at radius 3 is 2.81 bits per heavy atom. The van der Waals surface area contributed by atoms with Crippen molar-refractivity contribution in [2.45, 2.75) is 26.3 Å².